The minimum Gasteiger partial charge on any atom is -0.334 e. The highest BCUT2D eigenvalue weighted by Gasteiger charge is 2.20. The normalized spacial score (nSPS) is 11.1. The van der Waals surface area contributed by atoms with Gasteiger partial charge in [-0.1, -0.05) is 47.0 Å². The molecule has 2 rings (SSSR count). The van der Waals surface area contributed by atoms with Crippen molar-refractivity contribution in [2.45, 2.75) is 54.0 Å². The summed E-state index contributed by atoms with van der Waals surface area (Å²) in [6.07, 6.45) is 2.11. The van der Waals surface area contributed by atoms with Gasteiger partial charge in [0.15, 0.2) is 0 Å². The summed E-state index contributed by atoms with van der Waals surface area (Å²) >= 11 is 0. The van der Waals surface area contributed by atoms with E-state index in [1.807, 2.05) is 18.7 Å². The van der Waals surface area contributed by atoms with E-state index in [0.717, 1.165) is 42.6 Å². The summed E-state index contributed by atoms with van der Waals surface area (Å²) in [4.78, 5) is 17.8. The van der Waals surface area contributed by atoms with E-state index in [4.69, 9.17) is 0 Å². The van der Waals surface area contributed by atoms with Gasteiger partial charge in [-0.3, -0.25) is 4.79 Å². The average molecular weight is 381 g/mol. The molecule has 2 aromatic carbocycles. The molecule has 3 nitrogen and oxygen atoms in total. The van der Waals surface area contributed by atoms with Crippen LogP contribution in [0.25, 0.3) is 0 Å². The fourth-order valence-electron chi connectivity index (χ4n) is 4.04. The molecule has 0 N–H and O–H groups in total. The van der Waals surface area contributed by atoms with Crippen LogP contribution in [0.5, 0.6) is 0 Å². The molecule has 0 aliphatic heterocycles. The van der Waals surface area contributed by atoms with E-state index in [1.165, 1.54) is 22.3 Å². The first-order valence-electron chi connectivity index (χ1n) is 10.3. The van der Waals surface area contributed by atoms with Crippen LogP contribution in [0.2, 0.25) is 0 Å². The number of aryl methyl sites for hydroxylation is 5. The van der Waals surface area contributed by atoms with Gasteiger partial charge in [-0.2, -0.15) is 0 Å². The van der Waals surface area contributed by atoms with Crippen molar-refractivity contribution in [3.05, 3.63) is 69.3 Å². The maximum absolute atomic E-state index is 13.5. The molecular weight excluding hydrogens is 344 g/mol. The van der Waals surface area contributed by atoms with Crippen molar-refractivity contribution in [2.24, 2.45) is 0 Å². The van der Waals surface area contributed by atoms with E-state index in [9.17, 15) is 4.79 Å². The lowest BCUT2D eigenvalue weighted by Gasteiger charge is -2.25. The summed E-state index contributed by atoms with van der Waals surface area (Å²) in [6, 6.07) is 10.8. The van der Waals surface area contributed by atoms with Gasteiger partial charge in [-0.05, 0) is 84.8 Å². The fourth-order valence-corrected chi connectivity index (χ4v) is 4.04. The van der Waals surface area contributed by atoms with E-state index < -0.39 is 0 Å². The Bertz CT molecular complexity index is 780. The number of carbonyl (C=O) groups excluding carboxylic acids is 1. The van der Waals surface area contributed by atoms with Gasteiger partial charge in [-0.25, -0.2) is 0 Å². The highest BCUT2D eigenvalue weighted by atomic mass is 16.2. The third-order valence-corrected chi connectivity index (χ3v) is 5.12. The second-order valence-corrected chi connectivity index (χ2v) is 8.51. The first-order valence-corrected chi connectivity index (χ1v) is 10.3. The van der Waals surface area contributed by atoms with Crippen LogP contribution in [-0.2, 0) is 6.54 Å². The SMILES string of the molecule is Cc1cc(C)cc(CN(CCCCN(C)C)C(=O)c2c(C)cc(C)cc2C)c1. The van der Waals surface area contributed by atoms with Gasteiger partial charge in [0.2, 0.25) is 0 Å². The molecule has 0 heterocycles. The molecule has 0 unspecified atom stereocenters. The maximum Gasteiger partial charge on any atom is 0.254 e. The minimum absolute atomic E-state index is 0.152. The number of unbranched alkanes of at least 4 members (excludes halogenated alkanes) is 1. The summed E-state index contributed by atoms with van der Waals surface area (Å²) in [5, 5.41) is 0. The van der Waals surface area contributed by atoms with Crippen molar-refractivity contribution in [3.63, 3.8) is 0 Å². The highest BCUT2D eigenvalue weighted by molar-refractivity contribution is 5.97. The number of hydrogen-bond donors (Lipinski definition) is 0. The maximum atomic E-state index is 13.5. The van der Waals surface area contributed by atoms with E-state index in [1.54, 1.807) is 0 Å². The number of amides is 1. The van der Waals surface area contributed by atoms with Crippen molar-refractivity contribution >= 4 is 5.91 Å². The van der Waals surface area contributed by atoms with Gasteiger partial charge in [0, 0.05) is 18.7 Å². The van der Waals surface area contributed by atoms with Crippen LogP contribution in [0.3, 0.4) is 0 Å². The van der Waals surface area contributed by atoms with Crippen molar-refractivity contribution in [1.82, 2.24) is 9.80 Å². The van der Waals surface area contributed by atoms with E-state index in [-0.39, 0.29) is 5.91 Å². The summed E-state index contributed by atoms with van der Waals surface area (Å²) in [5.74, 6) is 0.152. The standard InChI is InChI=1S/C25H36N2O/c1-18-12-19(2)16-23(15-18)17-27(11-9-8-10-26(6)7)25(28)24-21(4)13-20(3)14-22(24)5/h12-16H,8-11,17H2,1-7H3. The molecule has 0 aliphatic carbocycles. The Balaban J connectivity index is 2.27. The molecule has 0 saturated carbocycles. The molecule has 2 aromatic rings. The van der Waals surface area contributed by atoms with E-state index in [0.29, 0.717) is 6.54 Å². The summed E-state index contributed by atoms with van der Waals surface area (Å²) < 4.78 is 0. The molecule has 0 bridgehead atoms. The Morgan fingerprint density at radius 3 is 1.79 bits per heavy atom. The molecular formula is C25H36N2O. The Morgan fingerprint density at radius 2 is 1.25 bits per heavy atom. The number of benzene rings is 2. The first-order chi connectivity index (χ1) is 13.2. The van der Waals surface area contributed by atoms with Gasteiger partial charge >= 0.3 is 0 Å². The van der Waals surface area contributed by atoms with Crippen molar-refractivity contribution in [1.29, 1.82) is 0 Å². The van der Waals surface area contributed by atoms with Crippen molar-refractivity contribution < 1.29 is 4.79 Å². The van der Waals surface area contributed by atoms with Gasteiger partial charge in [0.05, 0.1) is 0 Å². The van der Waals surface area contributed by atoms with Crippen LogP contribution in [0, 0.1) is 34.6 Å². The molecule has 0 atom stereocenters. The zero-order chi connectivity index (χ0) is 20.8. The molecule has 0 saturated heterocycles. The third-order valence-electron chi connectivity index (χ3n) is 5.12. The molecule has 0 spiro atoms. The zero-order valence-electron chi connectivity index (χ0n) is 18.7. The lowest BCUT2D eigenvalue weighted by atomic mass is 9.98. The Labute approximate surface area is 171 Å². The molecule has 0 aromatic heterocycles. The molecule has 0 fully saturated rings. The van der Waals surface area contributed by atoms with E-state index in [2.05, 4.69) is 70.1 Å². The summed E-state index contributed by atoms with van der Waals surface area (Å²) in [6.45, 7) is 12.9. The van der Waals surface area contributed by atoms with Crippen LogP contribution in [0.4, 0.5) is 0 Å². The van der Waals surface area contributed by atoms with Gasteiger partial charge in [0.1, 0.15) is 0 Å². The Kier molecular flexibility index (Phi) is 7.82. The van der Waals surface area contributed by atoms with Crippen molar-refractivity contribution in [3.8, 4) is 0 Å². The van der Waals surface area contributed by atoms with Gasteiger partial charge in [-0.15, -0.1) is 0 Å². The number of nitrogens with zero attached hydrogens (tertiary/aromatic N) is 2. The smallest absolute Gasteiger partial charge is 0.254 e. The zero-order valence-corrected chi connectivity index (χ0v) is 18.7. The monoisotopic (exact) mass is 380 g/mol. The van der Waals surface area contributed by atoms with Gasteiger partial charge in [0.25, 0.3) is 5.91 Å². The third kappa shape index (κ3) is 6.20. The summed E-state index contributed by atoms with van der Waals surface area (Å²) in [5.41, 5.74) is 7.92. The van der Waals surface area contributed by atoms with Gasteiger partial charge < -0.3 is 9.80 Å². The molecule has 0 radical (unpaired) electrons. The molecule has 152 valence electrons. The Hall–Kier alpha value is -2.13. The second-order valence-electron chi connectivity index (χ2n) is 8.51. The minimum atomic E-state index is 0.152. The lowest BCUT2D eigenvalue weighted by molar-refractivity contribution is 0.0737. The van der Waals surface area contributed by atoms with Crippen LogP contribution < -0.4 is 0 Å². The van der Waals surface area contributed by atoms with Crippen LogP contribution in [0.15, 0.2) is 30.3 Å². The lowest BCUT2D eigenvalue weighted by Crippen LogP contribution is -2.33. The largest absolute Gasteiger partial charge is 0.334 e. The van der Waals surface area contributed by atoms with E-state index >= 15 is 0 Å². The van der Waals surface area contributed by atoms with Crippen molar-refractivity contribution in [2.75, 3.05) is 27.2 Å². The molecule has 0 aliphatic rings. The average Bonchev–Trinajstić information content (AvgIpc) is 2.55. The number of rotatable bonds is 8. The summed E-state index contributed by atoms with van der Waals surface area (Å²) in [7, 11) is 4.19. The van der Waals surface area contributed by atoms with Crippen LogP contribution >= 0.6 is 0 Å². The topological polar surface area (TPSA) is 23.6 Å². The predicted octanol–water partition coefficient (Wildman–Crippen LogP) is 5.21. The quantitative estimate of drug-likeness (QED) is 0.587. The second kappa shape index (κ2) is 9.88. The first kappa shape index (κ1) is 22.2. The highest BCUT2D eigenvalue weighted by Crippen LogP contribution is 2.21. The fraction of sp³-hybridized carbons (Fsp3) is 0.480. The van der Waals surface area contributed by atoms with Crippen LogP contribution in [-0.4, -0.2) is 42.9 Å². The molecule has 3 heteroatoms. The predicted molar refractivity (Wildman–Crippen MR) is 119 cm³/mol. The molecule has 1 amide bonds. The number of carbonyl (C=O) groups is 1. The van der Waals surface area contributed by atoms with Crippen LogP contribution in [0.1, 0.15) is 56.6 Å². The molecule has 28 heavy (non-hydrogen) atoms. The number of hydrogen-bond acceptors (Lipinski definition) is 2. The Morgan fingerprint density at radius 1 is 0.750 bits per heavy atom.